The van der Waals surface area contributed by atoms with Crippen LogP contribution in [0.4, 0.5) is 8.78 Å². The Balaban J connectivity index is 1.24. The molecule has 0 fully saturated rings. The number of rotatable bonds is 13. The van der Waals surface area contributed by atoms with Crippen LogP contribution < -0.4 is 18.9 Å². The molecule has 0 aromatic heterocycles. The average Bonchev–Trinajstić information content (AvgIpc) is 3.31. The summed E-state index contributed by atoms with van der Waals surface area (Å²) < 4.78 is 60.6. The molecule has 0 amide bonds. The molecule has 0 saturated carbocycles. The van der Waals surface area contributed by atoms with Crippen LogP contribution in [0.15, 0.2) is 98.1 Å². The number of carbonyl (C=O) groups excluding carboxylic acids is 4. The van der Waals surface area contributed by atoms with Gasteiger partial charge in [0, 0.05) is 29.7 Å². The van der Waals surface area contributed by atoms with Crippen molar-refractivity contribution in [2.24, 2.45) is 0 Å². The SMILES string of the molecule is C=CC(=O)OCCOc1ccc(C(=O)Oc2ccc3c(c2)C(C)(C)c2cc(OC(=O)c4ccc(OCOC(=O)C=C)cc4F)ccc2-3)c(F)c1. The van der Waals surface area contributed by atoms with Gasteiger partial charge in [0.25, 0.3) is 0 Å². The van der Waals surface area contributed by atoms with Gasteiger partial charge in [0.15, 0.2) is 0 Å². The second-order valence-electron chi connectivity index (χ2n) is 11.3. The van der Waals surface area contributed by atoms with Crippen molar-refractivity contribution in [3.63, 3.8) is 0 Å². The molecule has 5 rings (SSSR count). The van der Waals surface area contributed by atoms with Gasteiger partial charge in [-0.3, -0.25) is 0 Å². The average molecular weight is 685 g/mol. The zero-order chi connectivity index (χ0) is 36.0. The van der Waals surface area contributed by atoms with E-state index in [2.05, 4.69) is 13.2 Å². The molecule has 50 heavy (non-hydrogen) atoms. The van der Waals surface area contributed by atoms with Crippen molar-refractivity contribution < 1.29 is 56.4 Å². The molecule has 0 radical (unpaired) electrons. The van der Waals surface area contributed by atoms with E-state index < -0.39 is 47.7 Å². The lowest BCUT2D eigenvalue weighted by Crippen LogP contribution is -2.17. The summed E-state index contributed by atoms with van der Waals surface area (Å²) in [4.78, 5) is 48.0. The number of fused-ring (bicyclic) bond motifs is 3. The van der Waals surface area contributed by atoms with Crippen LogP contribution in [0.3, 0.4) is 0 Å². The maximum Gasteiger partial charge on any atom is 0.346 e. The number of benzene rings is 4. The monoisotopic (exact) mass is 684 g/mol. The first kappa shape index (κ1) is 35.0. The number of ether oxygens (including phenoxy) is 6. The predicted octanol–water partition coefficient (Wildman–Crippen LogP) is 6.88. The van der Waals surface area contributed by atoms with Gasteiger partial charge in [-0.2, -0.15) is 0 Å². The van der Waals surface area contributed by atoms with Crippen LogP contribution in [0.2, 0.25) is 0 Å². The minimum absolute atomic E-state index is 0.0264. The summed E-state index contributed by atoms with van der Waals surface area (Å²) in [5.41, 5.74) is 2.04. The van der Waals surface area contributed by atoms with Gasteiger partial charge in [0.2, 0.25) is 6.79 Å². The molecule has 1 aliphatic carbocycles. The highest BCUT2D eigenvalue weighted by Crippen LogP contribution is 2.50. The standard InChI is InChI=1S/C38H30F2O10/c1-5-34(41)46-16-15-45-22-7-13-28(32(39)19-22)36(43)49-24-9-11-26-27-12-10-25(18-31(27)38(3,4)30(26)17-24)50-37(44)29-14-8-23(20-33(29)40)47-21-48-35(42)6-2/h5-14,17-20H,1-2,15-16,21H2,3-4H3. The second kappa shape index (κ2) is 14.9. The van der Waals surface area contributed by atoms with Crippen molar-refractivity contribution in [1.29, 1.82) is 0 Å². The van der Waals surface area contributed by atoms with Gasteiger partial charge in [0.05, 0.1) is 11.1 Å². The molecule has 10 nitrogen and oxygen atoms in total. The molecule has 0 atom stereocenters. The van der Waals surface area contributed by atoms with Crippen molar-refractivity contribution in [1.82, 2.24) is 0 Å². The van der Waals surface area contributed by atoms with Gasteiger partial charge >= 0.3 is 23.9 Å². The number of halogens is 2. The Hall–Kier alpha value is -6.30. The van der Waals surface area contributed by atoms with Crippen LogP contribution in [-0.4, -0.2) is 43.9 Å². The zero-order valence-electron chi connectivity index (χ0n) is 27.0. The smallest absolute Gasteiger partial charge is 0.346 e. The van der Waals surface area contributed by atoms with Crippen molar-refractivity contribution in [2.45, 2.75) is 19.3 Å². The minimum atomic E-state index is -0.935. The molecule has 0 saturated heterocycles. The first-order chi connectivity index (χ1) is 23.9. The van der Waals surface area contributed by atoms with E-state index in [0.717, 1.165) is 46.5 Å². The molecule has 12 heteroatoms. The molecule has 4 aromatic carbocycles. The zero-order valence-corrected chi connectivity index (χ0v) is 27.0. The normalized spacial score (nSPS) is 12.1. The van der Waals surface area contributed by atoms with E-state index in [0.29, 0.717) is 0 Å². The fourth-order valence-corrected chi connectivity index (χ4v) is 5.22. The largest absolute Gasteiger partial charge is 0.490 e. The molecule has 0 heterocycles. The van der Waals surface area contributed by atoms with Gasteiger partial charge in [-0.1, -0.05) is 39.1 Å². The van der Waals surface area contributed by atoms with Gasteiger partial charge in [-0.05, 0) is 70.8 Å². The molecule has 0 aliphatic heterocycles. The van der Waals surface area contributed by atoms with Crippen molar-refractivity contribution in [3.05, 3.63) is 132 Å². The van der Waals surface area contributed by atoms with Gasteiger partial charge in [-0.15, -0.1) is 0 Å². The lowest BCUT2D eigenvalue weighted by Gasteiger charge is -2.22. The highest BCUT2D eigenvalue weighted by molar-refractivity contribution is 5.93. The summed E-state index contributed by atoms with van der Waals surface area (Å²) in [5.74, 6) is -4.39. The summed E-state index contributed by atoms with van der Waals surface area (Å²) >= 11 is 0. The number of esters is 4. The molecule has 0 N–H and O–H groups in total. The Morgan fingerprint density at radius 2 is 1.08 bits per heavy atom. The number of carbonyl (C=O) groups is 4. The lowest BCUT2D eigenvalue weighted by atomic mass is 9.82. The predicted molar refractivity (Wildman–Crippen MR) is 175 cm³/mol. The van der Waals surface area contributed by atoms with E-state index in [1.807, 2.05) is 13.8 Å². The quantitative estimate of drug-likeness (QED) is 0.0484. The third kappa shape index (κ3) is 7.70. The number of hydrogen-bond acceptors (Lipinski definition) is 10. The highest BCUT2D eigenvalue weighted by Gasteiger charge is 2.36. The fraction of sp³-hybridized carbons (Fsp3) is 0.158. The van der Waals surface area contributed by atoms with E-state index in [-0.39, 0.29) is 47.3 Å². The van der Waals surface area contributed by atoms with E-state index >= 15 is 0 Å². The Kier molecular flexibility index (Phi) is 10.4. The molecule has 0 unspecified atom stereocenters. The molecule has 4 aromatic rings. The highest BCUT2D eigenvalue weighted by atomic mass is 19.1. The van der Waals surface area contributed by atoms with Crippen LogP contribution in [0.1, 0.15) is 45.7 Å². The van der Waals surface area contributed by atoms with E-state index in [4.69, 9.17) is 28.4 Å². The molecule has 1 aliphatic rings. The summed E-state index contributed by atoms with van der Waals surface area (Å²) in [6.07, 6.45) is 1.97. The van der Waals surface area contributed by atoms with Crippen LogP contribution in [0, 0.1) is 11.6 Å². The summed E-state index contributed by atoms with van der Waals surface area (Å²) in [6, 6.07) is 17.3. The van der Waals surface area contributed by atoms with E-state index in [1.165, 1.54) is 24.3 Å². The molecular weight excluding hydrogens is 654 g/mol. The van der Waals surface area contributed by atoms with Crippen LogP contribution in [0.25, 0.3) is 11.1 Å². The summed E-state index contributed by atoms with van der Waals surface area (Å²) in [6.45, 7) is 9.88. The Morgan fingerprint density at radius 1 is 0.620 bits per heavy atom. The van der Waals surface area contributed by atoms with Crippen molar-refractivity contribution >= 4 is 23.9 Å². The van der Waals surface area contributed by atoms with E-state index in [1.54, 1.807) is 36.4 Å². The topological polar surface area (TPSA) is 124 Å². The fourth-order valence-electron chi connectivity index (χ4n) is 5.22. The Labute approximate surface area is 285 Å². The maximum atomic E-state index is 14.8. The Morgan fingerprint density at radius 3 is 1.56 bits per heavy atom. The number of hydrogen-bond donors (Lipinski definition) is 0. The van der Waals surface area contributed by atoms with Crippen LogP contribution in [0.5, 0.6) is 23.0 Å². The first-order valence-electron chi connectivity index (χ1n) is 15.1. The van der Waals surface area contributed by atoms with Crippen LogP contribution >= 0.6 is 0 Å². The van der Waals surface area contributed by atoms with Gasteiger partial charge in [-0.25, -0.2) is 28.0 Å². The lowest BCUT2D eigenvalue weighted by molar-refractivity contribution is -0.144. The van der Waals surface area contributed by atoms with Crippen molar-refractivity contribution in [3.8, 4) is 34.1 Å². The molecule has 0 spiro atoms. The van der Waals surface area contributed by atoms with Crippen molar-refractivity contribution in [2.75, 3.05) is 20.0 Å². The van der Waals surface area contributed by atoms with Crippen LogP contribution in [-0.2, 0) is 24.5 Å². The maximum absolute atomic E-state index is 14.8. The molecular formula is C38H30F2O10. The van der Waals surface area contributed by atoms with Gasteiger partial charge in [0.1, 0.15) is 47.8 Å². The molecule has 256 valence electrons. The summed E-state index contributed by atoms with van der Waals surface area (Å²) in [7, 11) is 0. The Bertz CT molecular complexity index is 2020. The van der Waals surface area contributed by atoms with Gasteiger partial charge < -0.3 is 28.4 Å². The molecule has 0 bridgehead atoms. The third-order valence-electron chi connectivity index (χ3n) is 7.72. The van der Waals surface area contributed by atoms with E-state index in [9.17, 15) is 28.0 Å². The minimum Gasteiger partial charge on any atom is -0.490 e. The third-order valence-corrected chi connectivity index (χ3v) is 7.72. The first-order valence-corrected chi connectivity index (χ1v) is 15.1. The summed E-state index contributed by atoms with van der Waals surface area (Å²) in [5, 5.41) is 0. The second-order valence-corrected chi connectivity index (χ2v) is 11.3.